The van der Waals surface area contributed by atoms with Crippen LogP contribution in [0, 0.1) is 0 Å². The van der Waals surface area contributed by atoms with Gasteiger partial charge >= 0.3 is 0 Å². The highest BCUT2D eigenvalue weighted by atomic mass is 15.2. The Bertz CT molecular complexity index is 356. The van der Waals surface area contributed by atoms with E-state index in [0.717, 1.165) is 25.3 Å². The molecule has 0 bridgehead atoms. The maximum Gasteiger partial charge on any atom is 0.0544 e. The molecule has 1 fully saturated rings. The van der Waals surface area contributed by atoms with Crippen molar-refractivity contribution in [1.29, 1.82) is 0 Å². The van der Waals surface area contributed by atoms with Gasteiger partial charge in [-0.05, 0) is 31.5 Å². The lowest BCUT2D eigenvalue weighted by molar-refractivity contribution is 0.0744. The molecular formula is C16H27N3. The quantitative estimate of drug-likeness (QED) is 0.829. The number of nitrogens with zero attached hydrogens (tertiary/aromatic N) is 2. The van der Waals surface area contributed by atoms with Crippen LogP contribution in [0.4, 0.5) is 0 Å². The minimum absolute atomic E-state index is 0.197. The second kappa shape index (κ2) is 7.01. The number of hydrogen-bond acceptors (Lipinski definition) is 3. The van der Waals surface area contributed by atoms with Gasteiger partial charge in [-0.15, -0.1) is 0 Å². The van der Waals surface area contributed by atoms with E-state index in [1.807, 2.05) is 12.3 Å². The molecule has 0 saturated heterocycles. The molecule has 0 aromatic carbocycles. The van der Waals surface area contributed by atoms with Crippen LogP contribution in [0.3, 0.4) is 0 Å². The first-order valence-corrected chi connectivity index (χ1v) is 7.66. The summed E-state index contributed by atoms with van der Waals surface area (Å²) in [5.41, 5.74) is 7.53. The molecule has 19 heavy (non-hydrogen) atoms. The first-order valence-electron chi connectivity index (χ1n) is 7.66. The Balaban J connectivity index is 2.13. The van der Waals surface area contributed by atoms with E-state index in [1.54, 1.807) is 0 Å². The normalized spacial score (nSPS) is 19.3. The molecule has 0 atom stereocenters. The summed E-state index contributed by atoms with van der Waals surface area (Å²) in [7, 11) is 0. The summed E-state index contributed by atoms with van der Waals surface area (Å²) in [6, 6.07) is 6.16. The van der Waals surface area contributed by atoms with Gasteiger partial charge in [0.15, 0.2) is 0 Å². The molecule has 1 aliphatic rings. The number of aromatic nitrogens is 1. The Morgan fingerprint density at radius 2 is 1.95 bits per heavy atom. The topological polar surface area (TPSA) is 42.2 Å². The monoisotopic (exact) mass is 261 g/mol. The minimum Gasteiger partial charge on any atom is -0.329 e. The summed E-state index contributed by atoms with van der Waals surface area (Å²) in [5.74, 6) is 0. The van der Waals surface area contributed by atoms with Crippen LogP contribution in [0.5, 0.6) is 0 Å². The Labute approximate surface area is 117 Å². The molecule has 1 aromatic heterocycles. The summed E-state index contributed by atoms with van der Waals surface area (Å²) in [4.78, 5) is 7.02. The van der Waals surface area contributed by atoms with Gasteiger partial charge in [0.1, 0.15) is 0 Å². The van der Waals surface area contributed by atoms with Crippen molar-refractivity contribution in [2.24, 2.45) is 5.73 Å². The first kappa shape index (κ1) is 14.5. The molecule has 1 heterocycles. The fourth-order valence-electron chi connectivity index (χ4n) is 3.34. The van der Waals surface area contributed by atoms with E-state index in [0.29, 0.717) is 0 Å². The molecule has 3 nitrogen and oxygen atoms in total. The maximum absolute atomic E-state index is 6.18. The molecule has 3 heteroatoms. The van der Waals surface area contributed by atoms with Crippen LogP contribution >= 0.6 is 0 Å². The number of rotatable bonds is 5. The second-order valence-electron chi connectivity index (χ2n) is 5.68. The van der Waals surface area contributed by atoms with E-state index in [1.165, 1.54) is 38.5 Å². The number of hydrogen-bond donors (Lipinski definition) is 1. The zero-order valence-electron chi connectivity index (χ0n) is 12.1. The number of nitrogens with two attached hydrogens (primary N) is 1. The molecule has 2 rings (SSSR count). The molecule has 0 radical (unpaired) electrons. The second-order valence-corrected chi connectivity index (χ2v) is 5.68. The van der Waals surface area contributed by atoms with Gasteiger partial charge in [-0.3, -0.25) is 9.88 Å². The average Bonchev–Trinajstić information content (AvgIpc) is 2.72. The largest absolute Gasteiger partial charge is 0.329 e. The Morgan fingerprint density at radius 1 is 1.21 bits per heavy atom. The molecule has 0 amide bonds. The predicted octanol–water partition coefficient (Wildman–Crippen LogP) is 2.96. The van der Waals surface area contributed by atoms with Gasteiger partial charge in [0.2, 0.25) is 0 Å². The summed E-state index contributed by atoms with van der Waals surface area (Å²) < 4.78 is 0. The van der Waals surface area contributed by atoms with Gasteiger partial charge in [-0.2, -0.15) is 0 Å². The van der Waals surface area contributed by atoms with Gasteiger partial charge in [0.25, 0.3) is 0 Å². The van der Waals surface area contributed by atoms with Crippen molar-refractivity contribution in [3.8, 4) is 0 Å². The van der Waals surface area contributed by atoms with Crippen LogP contribution in [0.15, 0.2) is 24.4 Å². The molecular weight excluding hydrogens is 234 g/mol. The van der Waals surface area contributed by atoms with E-state index in [4.69, 9.17) is 5.73 Å². The van der Waals surface area contributed by atoms with Crippen molar-refractivity contribution >= 4 is 0 Å². The van der Waals surface area contributed by atoms with Crippen molar-refractivity contribution in [1.82, 2.24) is 9.88 Å². The average molecular weight is 261 g/mol. The summed E-state index contributed by atoms with van der Waals surface area (Å²) in [6.07, 6.45) is 9.72. The van der Waals surface area contributed by atoms with Crippen molar-refractivity contribution in [3.63, 3.8) is 0 Å². The Hall–Kier alpha value is -0.930. The number of likely N-dealkylation sites (N-methyl/N-ethyl adjacent to an activating group) is 1. The van der Waals surface area contributed by atoms with Crippen LogP contribution in [0.1, 0.15) is 51.1 Å². The Morgan fingerprint density at radius 3 is 2.47 bits per heavy atom. The molecule has 1 saturated carbocycles. The third kappa shape index (κ3) is 3.54. The van der Waals surface area contributed by atoms with E-state index in [2.05, 4.69) is 28.9 Å². The minimum atomic E-state index is 0.197. The van der Waals surface area contributed by atoms with Crippen molar-refractivity contribution in [2.75, 3.05) is 13.1 Å². The first-order chi connectivity index (χ1) is 9.30. The standard InChI is InChI=1S/C16H27N3/c1-2-19(13-15-9-5-8-12-18-15)16(14-17)10-6-3-4-7-11-16/h5,8-9,12H,2-4,6-7,10-11,13-14,17H2,1H3. The zero-order chi connectivity index (χ0) is 13.6. The highest BCUT2D eigenvalue weighted by Gasteiger charge is 2.34. The third-order valence-electron chi connectivity index (χ3n) is 4.55. The summed E-state index contributed by atoms with van der Waals surface area (Å²) >= 11 is 0. The van der Waals surface area contributed by atoms with Crippen LogP contribution in [0.2, 0.25) is 0 Å². The lowest BCUT2D eigenvalue weighted by Crippen LogP contribution is -2.53. The fourth-order valence-corrected chi connectivity index (χ4v) is 3.34. The Kier molecular flexibility index (Phi) is 5.34. The molecule has 0 spiro atoms. The van der Waals surface area contributed by atoms with Gasteiger partial charge in [0, 0.05) is 24.8 Å². The SMILES string of the molecule is CCN(Cc1ccccn1)C1(CN)CCCCCC1. The van der Waals surface area contributed by atoms with E-state index in [9.17, 15) is 0 Å². The lowest BCUT2D eigenvalue weighted by Gasteiger charge is -2.42. The zero-order valence-corrected chi connectivity index (χ0v) is 12.1. The lowest BCUT2D eigenvalue weighted by atomic mass is 9.88. The van der Waals surface area contributed by atoms with Gasteiger partial charge in [0.05, 0.1) is 5.69 Å². The molecule has 0 unspecified atom stereocenters. The summed E-state index contributed by atoms with van der Waals surface area (Å²) in [5, 5.41) is 0. The van der Waals surface area contributed by atoms with Crippen molar-refractivity contribution < 1.29 is 0 Å². The van der Waals surface area contributed by atoms with Crippen LogP contribution in [0.25, 0.3) is 0 Å². The molecule has 2 N–H and O–H groups in total. The van der Waals surface area contributed by atoms with E-state index >= 15 is 0 Å². The predicted molar refractivity (Wildman–Crippen MR) is 79.8 cm³/mol. The molecule has 0 aliphatic heterocycles. The highest BCUT2D eigenvalue weighted by Crippen LogP contribution is 2.32. The van der Waals surface area contributed by atoms with E-state index < -0.39 is 0 Å². The smallest absolute Gasteiger partial charge is 0.0544 e. The van der Waals surface area contributed by atoms with Crippen LogP contribution in [-0.4, -0.2) is 28.5 Å². The fraction of sp³-hybridized carbons (Fsp3) is 0.688. The molecule has 1 aromatic rings. The van der Waals surface area contributed by atoms with Gasteiger partial charge in [-0.1, -0.05) is 38.7 Å². The van der Waals surface area contributed by atoms with Crippen LogP contribution in [-0.2, 0) is 6.54 Å². The van der Waals surface area contributed by atoms with Crippen molar-refractivity contribution in [2.45, 2.75) is 57.5 Å². The van der Waals surface area contributed by atoms with Gasteiger partial charge < -0.3 is 5.73 Å². The molecule has 1 aliphatic carbocycles. The molecule has 106 valence electrons. The summed E-state index contributed by atoms with van der Waals surface area (Å²) in [6.45, 7) is 4.99. The van der Waals surface area contributed by atoms with Gasteiger partial charge in [-0.25, -0.2) is 0 Å². The number of pyridine rings is 1. The third-order valence-corrected chi connectivity index (χ3v) is 4.55. The van der Waals surface area contributed by atoms with Crippen LogP contribution < -0.4 is 5.73 Å². The maximum atomic E-state index is 6.18. The van der Waals surface area contributed by atoms with Crippen molar-refractivity contribution in [3.05, 3.63) is 30.1 Å². The van der Waals surface area contributed by atoms with E-state index in [-0.39, 0.29) is 5.54 Å². The highest BCUT2D eigenvalue weighted by molar-refractivity contribution is 5.05.